The third kappa shape index (κ3) is 4.53. The van der Waals surface area contributed by atoms with Crippen LogP contribution >= 0.6 is 0 Å². The minimum absolute atomic E-state index is 0.120. The number of nitrogens with one attached hydrogen (secondary N) is 2. The average Bonchev–Trinajstić information content (AvgIpc) is 2.45. The minimum Gasteiger partial charge on any atom is -0.481 e. The van der Waals surface area contributed by atoms with Crippen LogP contribution in [0.25, 0.3) is 0 Å². The van der Waals surface area contributed by atoms with E-state index in [4.69, 9.17) is 4.74 Å². The number of hydrogen-bond acceptors (Lipinski definition) is 3. The van der Waals surface area contributed by atoms with E-state index in [2.05, 4.69) is 37.5 Å². The van der Waals surface area contributed by atoms with Gasteiger partial charge in [0.25, 0.3) is 5.91 Å². The van der Waals surface area contributed by atoms with Gasteiger partial charge in [-0.05, 0) is 39.8 Å². The largest absolute Gasteiger partial charge is 0.481 e. The van der Waals surface area contributed by atoms with Gasteiger partial charge in [0.2, 0.25) is 0 Å². The van der Waals surface area contributed by atoms with Crippen molar-refractivity contribution in [2.24, 2.45) is 0 Å². The Morgan fingerprint density at radius 1 is 1.35 bits per heavy atom. The van der Waals surface area contributed by atoms with Gasteiger partial charge in [0.05, 0.1) is 0 Å². The normalized spacial score (nSPS) is 13.7. The van der Waals surface area contributed by atoms with Crippen molar-refractivity contribution < 1.29 is 9.53 Å². The molecule has 0 saturated carbocycles. The first-order valence-corrected chi connectivity index (χ1v) is 7.21. The van der Waals surface area contributed by atoms with Gasteiger partial charge in [-0.15, -0.1) is 0 Å². The molecule has 112 valence electrons. The summed E-state index contributed by atoms with van der Waals surface area (Å²) in [4.78, 5) is 11.6. The molecule has 1 aromatic rings. The van der Waals surface area contributed by atoms with Gasteiger partial charge in [0.1, 0.15) is 5.75 Å². The number of hydrogen-bond donors (Lipinski definition) is 2. The first kappa shape index (κ1) is 16.5. The molecule has 4 nitrogen and oxygen atoms in total. The SMILES string of the molecule is CCCNC(C)c1cc(C)ccc1OC(C)C(=O)NC. The van der Waals surface area contributed by atoms with Crippen molar-refractivity contribution in [3.8, 4) is 5.75 Å². The van der Waals surface area contributed by atoms with Crippen LogP contribution in [0.1, 0.15) is 44.4 Å². The van der Waals surface area contributed by atoms with Crippen LogP contribution in [0.15, 0.2) is 18.2 Å². The summed E-state index contributed by atoms with van der Waals surface area (Å²) in [5, 5.41) is 6.05. The molecular weight excluding hydrogens is 252 g/mol. The Morgan fingerprint density at radius 3 is 2.65 bits per heavy atom. The predicted molar refractivity (Wildman–Crippen MR) is 82.0 cm³/mol. The molecule has 0 radical (unpaired) electrons. The van der Waals surface area contributed by atoms with E-state index < -0.39 is 6.10 Å². The lowest BCUT2D eigenvalue weighted by atomic mass is 10.0. The molecule has 0 fully saturated rings. The van der Waals surface area contributed by atoms with Crippen LogP contribution in [0.4, 0.5) is 0 Å². The highest BCUT2D eigenvalue weighted by Gasteiger charge is 2.17. The van der Waals surface area contributed by atoms with E-state index in [1.807, 2.05) is 12.1 Å². The molecule has 2 N–H and O–H groups in total. The molecular formula is C16H26N2O2. The number of benzene rings is 1. The van der Waals surface area contributed by atoms with Gasteiger partial charge in [-0.25, -0.2) is 0 Å². The summed E-state index contributed by atoms with van der Waals surface area (Å²) in [6, 6.07) is 6.25. The molecule has 1 amide bonds. The van der Waals surface area contributed by atoms with Crippen molar-refractivity contribution in [2.75, 3.05) is 13.6 Å². The van der Waals surface area contributed by atoms with E-state index in [-0.39, 0.29) is 11.9 Å². The summed E-state index contributed by atoms with van der Waals surface area (Å²) in [6.07, 6.45) is 0.584. The van der Waals surface area contributed by atoms with Crippen LogP contribution in [-0.2, 0) is 4.79 Å². The minimum atomic E-state index is -0.500. The van der Waals surface area contributed by atoms with Crippen LogP contribution in [0.5, 0.6) is 5.75 Å². The summed E-state index contributed by atoms with van der Waals surface area (Å²) in [5.41, 5.74) is 2.28. The molecule has 0 saturated heterocycles. The summed E-state index contributed by atoms with van der Waals surface area (Å²) in [7, 11) is 1.61. The lowest BCUT2D eigenvalue weighted by Crippen LogP contribution is -2.34. The van der Waals surface area contributed by atoms with Gasteiger partial charge in [-0.2, -0.15) is 0 Å². The van der Waals surface area contributed by atoms with Crippen molar-refractivity contribution in [1.29, 1.82) is 0 Å². The maximum Gasteiger partial charge on any atom is 0.260 e. The lowest BCUT2D eigenvalue weighted by molar-refractivity contribution is -0.126. The van der Waals surface area contributed by atoms with Crippen LogP contribution in [0.2, 0.25) is 0 Å². The van der Waals surface area contributed by atoms with Crippen molar-refractivity contribution in [2.45, 2.75) is 46.3 Å². The van der Waals surface area contributed by atoms with E-state index in [0.717, 1.165) is 24.3 Å². The molecule has 1 aromatic carbocycles. The Labute approximate surface area is 121 Å². The van der Waals surface area contributed by atoms with E-state index in [0.29, 0.717) is 0 Å². The topological polar surface area (TPSA) is 50.4 Å². The highest BCUT2D eigenvalue weighted by atomic mass is 16.5. The molecule has 0 spiro atoms. The lowest BCUT2D eigenvalue weighted by Gasteiger charge is -2.21. The van der Waals surface area contributed by atoms with Crippen molar-refractivity contribution in [3.05, 3.63) is 29.3 Å². The number of aryl methyl sites for hydroxylation is 1. The molecule has 0 aliphatic rings. The maximum atomic E-state index is 11.6. The number of likely N-dealkylation sites (N-methyl/N-ethyl adjacent to an activating group) is 1. The van der Waals surface area contributed by atoms with Gasteiger partial charge >= 0.3 is 0 Å². The average molecular weight is 278 g/mol. The smallest absolute Gasteiger partial charge is 0.260 e. The standard InChI is InChI=1S/C16H26N2O2/c1-6-9-18-12(3)14-10-11(2)7-8-15(14)20-13(4)16(19)17-5/h7-8,10,12-13,18H,6,9H2,1-5H3,(H,17,19). The summed E-state index contributed by atoms with van der Waals surface area (Å²) in [5.74, 6) is 0.647. The second-order valence-corrected chi connectivity index (χ2v) is 5.09. The number of carbonyl (C=O) groups excluding carboxylic acids is 1. The molecule has 2 unspecified atom stereocenters. The second-order valence-electron chi connectivity index (χ2n) is 5.09. The third-order valence-electron chi connectivity index (χ3n) is 3.25. The van der Waals surface area contributed by atoms with Crippen LogP contribution < -0.4 is 15.4 Å². The quantitative estimate of drug-likeness (QED) is 0.806. The van der Waals surface area contributed by atoms with E-state index in [1.54, 1.807) is 14.0 Å². The zero-order valence-electron chi connectivity index (χ0n) is 13.1. The zero-order valence-corrected chi connectivity index (χ0v) is 13.1. The fourth-order valence-corrected chi connectivity index (χ4v) is 2.03. The number of amides is 1. The van der Waals surface area contributed by atoms with Crippen LogP contribution in [0, 0.1) is 6.92 Å². The highest BCUT2D eigenvalue weighted by Crippen LogP contribution is 2.27. The molecule has 0 aliphatic heterocycles. The Hall–Kier alpha value is -1.55. The van der Waals surface area contributed by atoms with E-state index >= 15 is 0 Å². The number of rotatable bonds is 7. The van der Waals surface area contributed by atoms with Crippen LogP contribution in [0.3, 0.4) is 0 Å². The van der Waals surface area contributed by atoms with Gasteiger partial charge in [-0.3, -0.25) is 4.79 Å². The molecule has 2 atom stereocenters. The number of carbonyl (C=O) groups is 1. The third-order valence-corrected chi connectivity index (χ3v) is 3.25. The van der Waals surface area contributed by atoms with E-state index in [9.17, 15) is 4.79 Å². The second kappa shape index (κ2) is 7.90. The summed E-state index contributed by atoms with van der Waals surface area (Å²) in [6.45, 7) is 9.02. The monoisotopic (exact) mass is 278 g/mol. The number of ether oxygens (including phenoxy) is 1. The maximum absolute atomic E-state index is 11.6. The van der Waals surface area contributed by atoms with Gasteiger partial charge < -0.3 is 15.4 Å². The predicted octanol–water partition coefficient (Wildman–Crippen LogP) is 2.57. The first-order chi connectivity index (χ1) is 9.49. The molecule has 0 aromatic heterocycles. The molecule has 0 bridgehead atoms. The van der Waals surface area contributed by atoms with Gasteiger partial charge in [0.15, 0.2) is 6.10 Å². The Morgan fingerprint density at radius 2 is 2.05 bits per heavy atom. The molecule has 4 heteroatoms. The summed E-state index contributed by atoms with van der Waals surface area (Å²) >= 11 is 0. The first-order valence-electron chi connectivity index (χ1n) is 7.21. The van der Waals surface area contributed by atoms with E-state index in [1.165, 1.54) is 5.56 Å². The van der Waals surface area contributed by atoms with Gasteiger partial charge in [0, 0.05) is 18.7 Å². The summed E-state index contributed by atoms with van der Waals surface area (Å²) < 4.78 is 5.80. The van der Waals surface area contributed by atoms with Crippen molar-refractivity contribution in [3.63, 3.8) is 0 Å². The van der Waals surface area contributed by atoms with Crippen molar-refractivity contribution >= 4 is 5.91 Å². The fraction of sp³-hybridized carbons (Fsp3) is 0.562. The molecule has 0 heterocycles. The zero-order chi connectivity index (χ0) is 15.1. The van der Waals surface area contributed by atoms with Gasteiger partial charge in [-0.1, -0.05) is 24.6 Å². The van der Waals surface area contributed by atoms with Crippen LogP contribution in [-0.4, -0.2) is 25.6 Å². The van der Waals surface area contributed by atoms with Crippen molar-refractivity contribution in [1.82, 2.24) is 10.6 Å². The molecule has 0 aliphatic carbocycles. The molecule has 20 heavy (non-hydrogen) atoms. The highest BCUT2D eigenvalue weighted by molar-refractivity contribution is 5.80. The Kier molecular flexibility index (Phi) is 6.52. The Bertz CT molecular complexity index is 446. The molecule has 1 rings (SSSR count). The fourth-order valence-electron chi connectivity index (χ4n) is 2.03. The Balaban J connectivity index is 2.92.